The number of nitrogens with two attached hydrogens (primary N) is 2. The van der Waals surface area contributed by atoms with Gasteiger partial charge in [-0.15, -0.1) is 34.9 Å². The predicted molar refractivity (Wildman–Crippen MR) is 116 cm³/mol. The minimum atomic E-state index is -1.25. The molecule has 1 saturated heterocycles. The van der Waals surface area contributed by atoms with Crippen molar-refractivity contribution in [1.29, 1.82) is 0 Å². The highest BCUT2D eigenvalue weighted by Gasteiger charge is 2.54. The summed E-state index contributed by atoms with van der Waals surface area (Å²) in [5.41, 5.74) is 11.1. The zero-order valence-electron chi connectivity index (χ0n) is 16.1. The number of aromatic nitrogens is 1. The Morgan fingerprint density at radius 3 is 2.81 bits per heavy atom. The van der Waals surface area contributed by atoms with Gasteiger partial charge in [-0.3, -0.25) is 19.3 Å². The van der Waals surface area contributed by atoms with Crippen LogP contribution in [0, 0.1) is 0 Å². The van der Waals surface area contributed by atoms with Crippen molar-refractivity contribution in [3.05, 3.63) is 22.3 Å². The minimum absolute atomic E-state index is 0.0415. The fraction of sp³-hybridized carbons (Fsp3) is 0.375. The molecular weight excluding hydrogens is 468 g/mol. The first kappa shape index (κ1) is 22.9. The van der Waals surface area contributed by atoms with Gasteiger partial charge in [0.05, 0.1) is 5.75 Å². The number of carbonyl (C=O) groups excluding carboxylic acids is 3. The van der Waals surface area contributed by atoms with Crippen LogP contribution in [-0.4, -0.2) is 80.2 Å². The number of carboxylic acids is 1. The van der Waals surface area contributed by atoms with Crippen LogP contribution in [0.1, 0.15) is 5.69 Å². The average molecular weight is 487 g/mol. The number of oxime groups is 1. The number of anilines is 1. The fourth-order valence-electron chi connectivity index (χ4n) is 2.97. The lowest BCUT2D eigenvalue weighted by Crippen LogP contribution is -2.71. The summed E-state index contributed by atoms with van der Waals surface area (Å²) >= 11 is 3.60. The molecule has 2 atom stereocenters. The van der Waals surface area contributed by atoms with E-state index in [1.807, 2.05) is 0 Å². The van der Waals surface area contributed by atoms with Gasteiger partial charge < -0.3 is 26.7 Å². The Bertz CT molecular complexity index is 992. The molecular formula is C16H18N6O6S3. The van der Waals surface area contributed by atoms with Crippen molar-refractivity contribution in [3.8, 4) is 0 Å². The van der Waals surface area contributed by atoms with Gasteiger partial charge in [-0.25, -0.2) is 9.78 Å². The number of amides is 3. The van der Waals surface area contributed by atoms with E-state index in [2.05, 4.69) is 15.5 Å². The molecule has 1 aromatic rings. The number of nitrogens with zero attached hydrogens (tertiary/aromatic N) is 3. The highest BCUT2D eigenvalue weighted by Crippen LogP contribution is 2.41. The number of hydrogen-bond donors (Lipinski definition) is 4. The summed E-state index contributed by atoms with van der Waals surface area (Å²) in [6.45, 7) is 0. The second-order valence-electron chi connectivity index (χ2n) is 6.27. The summed E-state index contributed by atoms with van der Waals surface area (Å²) in [4.78, 5) is 58.0. The smallest absolute Gasteiger partial charge is 0.352 e. The third-order valence-corrected chi connectivity index (χ3v) is 7.27. The zero-order chi connectivity index (χ0) is 22.7. The van der Waals surface area contributed by atoms with Crippen molar-refractivity contribution >= 4 is 69.4 Å². The van der Waals surface area contributed by atoms with Crippen LogP contribution in [0.4, 0.5) is 5.13 Å². The number of fused-ring (bicyclic) bond motifs is 1. The van der Waals surface area contributed by atoms with Gasteiger partial charge >= 0.3 is 5.97 Å². The van der Waals surface area contributed by atoms with Crippen LogP contribution in [0.5, 0.6) is 0 Å². The molecule has 3 amide bonds. The van der Waals surface area contributed by atoms with Crippen LogP contribution in [0.2, 0.25) is 0 Å². The highest BCUT2D eigenvalue weighted by atomic mass is 32.2. The molecule has 15 heteroatoms. The van der Waals surface area contributed by atoms with E-state index in [0.29, 0.717) is 11.3 Å². The molecule has 12 nitrogen and oxygen atoms in total. The molecule has 1 aromatic heterocycles. The van der Waals surface area contributed by atoms with Gasteiger partial charge in [-0.05, 0) is 5.57 Å². The lowest BCUT2D eigenvalue weighted by Gasteiger charge is -2.49. The van der Waals surface area contributed by atoms with Crippen LogP contribution in [0.25, 0.3) is 0 Å². The van der Waals surface area contributed by atoms with E-state index in [4.69, 9.17) is 16.3 Å². The van der Waals surface area contributed by atoms with Crippen LogP contribution in [0.15, 0.2) is 21.8 Å². The molecule has 0 aromatic carbocycles. The molecule has 3 rings (SSSR count). The van der Waals surface area contributed by atoms with Crippen LogP contribution >= 0.6 is 34.9 Å². The molecule has 0 radical (unpaired) electrons. The molecule has 0 bridgehead atoms. The summed E-state index contributed by atoms with van der Waals surface area (Å²) in [5, 5.41) is 17.0. The SMILES string of the molecule is CON=C(C(=O)N[C@@H]1C(=O)N2C(C(=O)O)=C(CSCC(N)=O)CS[C@H]12)c1csc(N)n1. The van der Waals surface area contributed by atoms with Crippen molar-refractivity contribution in [3.63, 3.8) is 0 Å². The van der Waals surface area contributed by atoms with Gasteiger partial charge in [0.1, 0.15) is 29.9 Å². The van der Waals surface area contributed by atoms with E-state index in [0.717, 1.165) is 16.2 Å². The molecule has 166 valence electrons. The number of hydrogen-bond acceptors (Lipinski definition) is 11. The van der Waals surface area contributed by atoms with Crippen LogP contribution in [-0.2, 0) is 24.0 Å². The van der Waals surface area contributed by atoms with E-state index < -0.39 is 35.1 Å². The summed E-state index contributed by atoms with van der Waals surface area (Å²) in [6.07, 6.45) is 0. The predicted octanol–water partition coefficient (Wildman–Crippen LogP) is -0.967. The molecule has 0 spiro atoms. The largest absolute Gasteiger partial charge is 0.477 e. The van der Waals surface area contributed by atoms with Crippen molar-refractivity contribution in [2.75, 3.05) is 30.1 Å². The first-order valence-electron chi connectivity index (χ1n) is 8.64. The maximum absolute atomic E-state index is 12.7. The minimum Gasteiger partial charge on any atom is -0.477 e. The van der Waals surface area contributed by atoms with E-state index in [9.17, 15) is 24.3 Å². The summed E-state index contributed by atoms with van der Waals surface area (Å²) < 4.78 is 0. The Morgan fingerprint density at radius 2 is 2.23 bits per heavy atom. The van der Waals surface area contributed by atoms with Crippen molar-refractivity contribution in [2.45, 2.75) is 11.4 Å². The number of carboxylic acid groups (broad SMARTS) is 1. The Kier molecular flexibility index (Phi) is 7.07. The monoisotopic (exact) mass is 486 g/mol. The normalized spacial score (nSPS) is 20.7. The first-order valence-corrected chi connectivity index (χ1v) is 11.7. The first-order chi connectivity index (χ1) is 14.7. The quantitative estimate of drug-likeness (QED) is 0.192. The highest BCUT2D eigenvalue weighted by molar-refractivity contribution is 8.01. The molecule has 2 aliphatic heterocycles. The van der Waals surface area contributed by atoms with Gasteiger partial charge in [0.15, 0.2) is 10.8 Å². The van der Waals surface area contributed by atoms with E-state index in [1.54, 1.807) is 0 Å². The lowest BCUT2D eigenvalue weighted by molar-refractivity contribution is -0.150. The molecule has 6 N–H and O–H groups in total. The molecule has 0 saturated carbocycles. The average Bonchev–Trinajstić information content (AvgIpc) is 3.14. The van der Waals surface area contributed by atoms with Crippen molar-refractivity contribution in [1.82, 2.24) is 15.2 Å². The van der Waals surface area contributed by atoms with Gasteiger partial charge in [0, 0.05) is 16.9 Å². The summed E-state index contributed by atoms with van der Waals surface area (Å²) in [6, 6.07) is -0.940. The maximum Gasteiger partial charge on any atom is 0.352 e. The van der Waals surface area contributed by atoms with Gasteiger partial charge in [-0.2, -0.15) is 0 Å². The van der Waals surface area contributed by atoms with Crippen molar-refractivity contribution < 1.29 is 29.1 Å². The molecule has 1 fully saturated rings. The zero-order valence-corrected chi connectivity index (χ0v) is 18.5. The number of rotatable bonds is 9. The molecule has 31 heavy (non-hydrogen) atoms. The molecule has 2 aliphatic rings. The van der Waals surface area contributed by atoms with E-state index in [-0.39, 0.29) is 33.7 Å². The number of thiazole rings is 1. The second kappa shape index (κ2) is 9.57. The van der Waals surface area contributed by atoms with Crippen molar-refractivity contribution in [2.24, 2.45) is 10.9 Å². The van der Waals surface area contributed by atoms with E-state index >= 15 is 0 Å². The Morgan fingerprint density at radius 1 is 1.48 bits per heavy atom. The lowest BCUT2D eigenvalue weighted by atomic mass is 10.0. The standard InChI is InChI=1S/C16H18N6O6S3/c1-28-21-9(7-4-31-16(18)19-7)12(24)20-10-13(25)22-11(15(26)27)6(3-30-14(10)22)2-29-5-8(17)23/h4,10,14H,2-3,5H2,1H3,(H2,17,23)(H2,18,19)(H,20,24)(H,26,27)/t10-,14-/m1/s1. The van der Waals surface area contributed by atoms with Crippen LogP contribution in [0.3, 0.4) is 0 Å². The van der Waals surface area contributed by atoms with Gasteiger partial charge in [-0.1, -0.05) is 5.16 Å². The van der Waals surface area contributed by atoms with Gasteiger partial charge in [0.25, 0.3) is 11.8 Å². The topological polar surface area (TPSA) is 190 Å². The molecule has 3 heterocycles. The summed E-state index contributed by atoms with van der Waals surface area (Å²) in [5.74, 6) is -2.40. The molecule has 0 unspecified atom stereocenters. The number of β-lactam (4-membered cyclic amide) rings is 1. The van der Waals surface area contributed by atoms with Crippen LogP contribution < -0.4 is 16.8 Å². The fourth-order valence-corrected chi connectivity index (χ4v) is 5.78. The van der Waals surface area contributed by atoms with E-state index in [1.165, 1.54) is 36.0 Å². The number of nitrogen functional groups attached to an aromatic ring is 1. The summed E-state index contributed by atoms with van der Waals surface area (Å²) in [7, 11) is 1.26. The number of aliphatic carboxylic acids is 1. The Labute approximate surface area is 188 Å². The third kappa shape index (κ3) is 4.77. The maximum atomic E-state index is 12.7. The molecule has 0 aliphatic carbocycles. The number of nitrogens with one attached hydrogen (secondary N) is 1. The number of primary amides is 1. The Balaban J connectivity index is 1.74. The Hall–Kier alpha value is -2.78. The number of carbonyl (C=O) groups is 4. The number of thioether (sulfide) groups is 2. The second-order valence-corrected chi connectivity index (χ2v) is 9.25. The third-order valence-electron chi connectivity index (χ3n) is 4.22. The van der Waals surface area contributed by atoms with Gasteiger partial charge in [0.2, 0.25) is 5.91 Å².